The minimum Gasteiger partial charge on any atom is -0.385 e. The highest BCUT2D eigenvalue weighted by Crippen LogP contribution is 2.39. The molecule has 4 rings (SSSR count). The van der Waals surface area contributed by atoms with Gasteiger partial charge in [-0.25, -0.2) is 0 Å². The zero-order valence-electron chi connectivity index (χ0n) is 16.5. The highest BCUT2D eigenvalue weighted by Gasteiger charge is 2.38. The van der Waals surface area contributed by atoms with E-state index in [1.54, 1.807) is 6.07 Å². The summed E-state index contributed by atoms with van der Waals surface area (Å²) in [5.41, 5.74) is 0.687. The van der Waals surface area contributed by atoms with Crippen molar-refractivity contribution in [2.24, 2.45) is 0 Å². The van der Waals surface area contributed by atoms with Crippen molar-refractivity contribution in [2.75, 3.05) is 13.1 Å². The molecule has 1 N–H and O–H groups in total. The minimum absolute atomic E-state index is 0.0402. The Labute approximate surface area is 174 Å². The molecule has 1 fully saturated rings. The van der Waals surface area contributed by atoms with Crippen molar-refractivity contribution in [3.8, 4) is 0 Å². The van der Waals surface area contributed by atoms with Crippen molar-refractivity contribution in [1.82, 2.24) is 4.90 Å². The van der Waals surface area contributed by atoms with E-state index in [1.807, 2.05) is 36.4 Å². The number of hydrogen-bond acceptors (Lipinski definition) is 2. The average molecular weight is 411 g/mol. The number of rotatable bonds is 4. The molecule has 1 aliphatic rings. The van der Waals surface area contributed by atoms with Crippen molar-refractivity contribution in [2.45, 2.75) is 30.7 Å². The van der Waals surface area contributed by atoms with E-state index in [0.29, 0.717) is 31.5 Å². The van der Waals surface area contributed by atoms with Crippen LogP contribution in [0, 0.1) is 0 Å². The molecule has 0 aromatic heterocycles. The van der Waals surface area contributed by atoms with E-state index < -0.39 is 17.3 Å². The number of nitrogens with zero attached hydrogens (tertiary/aromatic N) is 1. The second-order valence-corrected chi connectivity index (χ2v) is 7.87. The lowest BCUT2D eigenvalue weighted by Gasteiger charge is -2.42. The van der Waals surface area contributed by atoms with Gasteiger partial charge in [-0.2, -0.15) is 13.2 Å². The highest BCUT2D eigenvalue weighted by atomic mass is 19.4. The third-order valence-corrected chi connectivity index (χ3v) is 5.95. The molecule has 0 saturated carbocycles. The normalized spacial score (nSPS) is 17.2. The molecular formula is C25H24F3NO. The maximum atomic E-state index is 13.1. The van der Waals surface area contributed by atoms with E-state index >= 15 is 0 Å². The minimum atomic E-state index is -4.42. The van der Waals surface area contributed by atoms with Crippen LogP contribution in [-0.4, -0.2) is 23.1 Å². The zero-order valence-corrected chi connectivity index (χ0v) is 16.5. The third-order valence-electron chi connectivity index (χ3n) is 5.95. The first-order valence-corrected chi connectivity index (χ1v) is 10.1. The van der Waals surface area contributed by atoms with Crippen LogP contribution in [0.15, 0.2) is 84.9 Å². The van der Waals surface area contributed by atoms with Gasteiger partial charge >= 0.3 is 6.18 Å². The zero-order chi connectivity index (χ0) is 21.2. The SMILES string of the molecule is OC1(c2cccc(C(F)(F)F)c2)CCN(C(c2ccccc2)c2ccccc2)CC1. The van der Waals surface area contributed by atoms with Gasteiger partial charge in [0.15, 0.2) is 0 Å². The Morgan fingerprint density at radius 1 is 0.767 bits per heavy atom. The van der Waals surface area contributed by atoms with Crippen LogP contribution >= 0.6 is 0 Å². The number of likely N-dealkylation sites (tertiary alicyclic amines) is 1. The van der Waals surface area contributed by atoms with Gasteiger partial charge in [0.25, 0.3) is 0 Å². The maximum absolute atomic E-state index is 13.1. The predicted molar refractivity (Wildman–Crippen MR) is 111 cm³/mol. The number of hydrogen-bond donors (Lipinski definition) is 1. The Kier molecular flexibility index (Phi) is 5.67. The largest absolute Gasteiger partial charge is 0.416 e. The van der Waals surface area contributed by atoms with Gasteiger partial charge < -0.3 is 5.11 Å². The quantitative estimate of drug-likeness (QED) is 0.588. The van der Waals surface area contributed by atoms with E-state index in [4.69, 9.17) is 0 Å². The van der Waals surface area contributed by atoms with Gasteiger partial charge in [-0.1, -0.05) is 72.8 Å². The van der Waals surface area contributed by atoms with Crippen molar-refractivity contribution in [3.63, 3.8) is 0 Å². The second kappa shape index (κ2) is 8.25. The van der Waals surface area contributed by atoms with Crippen LogP contribution in [0.2, 0.25) is 0 Å². The molecule has 2 nitrogen and oxygen atoms in total. The summed E-state index contributed by atoms with van der Waals surface area (Å²) in [6.45, 7) is 1.17. The summed E-state index contributed by atoms with van der Waals surface area (Å²) in [5, 5.41) is 11.2. The Morgan fingerprint density at radius 2 is 1.30 bits per heavy atom. The Morgan fingerprint density at radius 3 is 1.80 bits per heavy atom. The number of aliphatic hydroxyl groups is 1. The molecule has 1 heterocycles. The van der Waals surface area contributed by atoms with Crippen LogP contribution in [0.25, 0.3) is 0 Å². The van der Waals surface area contributed by atoms with Gasteiger partial charge in [0, 0.05) is 13.1 Å². The van der Waals surface area contributed by atoms with Gasteiger partial charge in [0.05, 0.1) is 17.2 Å². The summed E-state index contributed by atoms with van der Waals surface area (Å²) in [5.74, 6) is 0. The first-order chi connectivity index (χ1) is 14.4. The molecular weight excluding hydrogens is 387 g/mol. The van der Waals surface area contributed by atoms with Crippen molar-refractivity contribution in [1.29, 1.82) is 0 Å². The van der Waals surface area contributed by atoms with E-state index in [0.717, 1.165) is 23.3 Å². The predicted octanol–water partition coefficient (Wildman–Crippen LogP) is 5.78. The smallest absolute Gasteiger partial charge is 0.385 e. The molecule has 0 aliphatic carbocycles. The molecule has 0 atom stereocenters. The van der Waals surface area contributed by atoms with Crippen LogP contribution in [0.1, 0.15) is 41.1 Å². The van der Waals surface area contributed by atoms with Crippen LogP contribution in [-0.2, 0) is 11.8 Å². The number of alkyl halides is 3. The van der Waals surface area contributed by atoms with Gasteiger partial charge in [0.2, 0.25) is 0 Å². The molecule has 0 bridgehead atoms. The van der Waals surface area contributed by atoms with E-state index in [2.05, 4.69) is 29.2 Å². The molecule has 3 aromatic rings. The molecule has 30 heavy (non-hydrogen) atoms. The highest BCUT2D eigenvalue weighted by molar-refractivity contribution is 5.33. The van der Waals surface area contributed by atoms with Gasteiger partial charge in [-0.3, -0.25) is 4.90 Å². The average Bonchev–Trinajstić information content (AvgIpc) is 2.76. The lowest BCUT2D eigenvalue weighted by Crippen LogP contribution is -2.44. The van der Waals surface area contributed by atoms with Gasteiger partial charge in [-0.15, -0.1) is 0 Å². The number of piperidine rings is 1. The van der Waals surface area contributed by atoms with Crippen molar-refractivity contribution >= 4 is 0 Å². The van der Waals surface area contributed by atoms with Gasteiger partial charge in [0.1, 0.15) is 0 Å². The first kappa shape index (κ1) is 20.6. The first-order valence-electron chi connectivity index (χ1n) is 10.1. The fourth-order valence-corrected chi connectivity index (χ4v) is 4.31. The number of benzene rings is 3. The standard InChI is InChI=1S/C25H24F3NO/c26-25(27,28)22-13-7-12-21(18-22)24(30)14-16-29(17-15-24)23(19-8-3-1-4-9-19)20-10-5-2-6-11-20/h1-13,18,23,30H,14-17H2. The van der Waals surface area contributed by atoms with Crippen molar-refractivity contribution < 1.29 is 18.3 Å². The summed E-state index contributed by atoms with van der Waals surface area (Å²) in [7, 11) is 0. The second-order valence-electron chi connectivity index (χ2n) is 7.87. The molecule has 3 aromatic carbocycles. The topological polar surface area (TPSA) is 23.5 Å². The summed E-state index contributed by atoms with van der Waals surface area (Å²) >= 11 is 0. The fourth-order valence-electron chi connectivity index (χ4n) is 4.31. The summed E-state index contributed by atoms with van der Waals surface area (Å²) in [6, 6.07) is 25.5. The summed E-state index contributed by atoms with van der Waals surface area (Å²) in [4.78, 5) is 2.30. The molecule has 5 heteroatoms. The fraction of sp³-hybridized carbons (Fsp3) is 0.280. The number of halogens is 3. The molecule has 0 radical (unpaired) electrons. The lowest BCUT2D eigenvalue weighted by molar-refractivity contribution is -0.137. The lowest BCUT2D eigenvalue weighted by atomic mass is 9.82. The van der Waals surface area contributed by atoms with E-state index in [-0.39, 0.29) is 6.04 Å². The van der Waals surface area contributed by atoms with Gasteiger partial charge in [-0.05, 0) is 41.7 Å². The Bertz CT molecular complexity index is 925. The third kappa shape index (κ3) is 4.27. The summed E-state index contributed by atoms with van der Waals surface area (Å²) < 4.78 is 39.3. The maximum Gasteiger partial charge on any atom is 0.416 e. The molecule has 1 saturated heterocycles. The van der Waals surface area contributed by atoms with E-state index in [9.17, 15) is 18.3 Å². The van der Waals surface area contributed by atoms with E-state index in [1.165, 1.54) is 6.07 Å². The molecule has 0 spiro atoms. The monoisotopic (exact) mass is 411 g/mol. The van der Waals surface area contributed by atoms with Crippen LogP contribution < -0.4 is 0 Å². The van der Waals surface area contributed by atoms with Crippen LogP contribution in [0.4, 0.5) is 13.2 Å². The van der Waals surface area contributed by atoms with Crippen LogP contribution in [0.3, 0.4) is 0 Å². The Hall–Kier alpha value is -2.63. The van der Waals surface area contributed by atoms with Crippen LogP contribution in [0.5, 0.6) is 0 Å². The molecule has 1 aliphatic heterocycles. The molecule has 0 amide bonds. The summed E-state index contributed by atoms with van der Waals surface area (Å²) in [6.07, 6.45) is -3.66. The Balaban J connectivity index is 1.58. The molecule has 0 unspecified atom stereocenters. The molecule has 156 valence electrons. The van der Waals surface area contributed by atoms with Crippen molar-refractivity contribution in [3.05, 3.63) is 107 Å².